The molecular formula is C6H11ClMg. The van der Waals surface area contributed by atoms with Crippen molar-refractivity contribution in [3.8, 4) is 0 Å². The molecule has 0 radical (unpaired) electrons. The third-order valence-electron chi connectivity index (χ3n) is 1.16. The predicted octanol–water partition coefficient (Wildman–Crippen LogP) is 2.62. The molecule has 0 aliphatic carbocycles. The van der Waals surface area contributed by atoms with Crippen molar-refractivity contribution >= 4 is 28.3 Å². The molecule has 0 aromatic heterocycles. The van der Waals surface area contributed by atoms with Crippen LogP contribution in [0.5, 0.6) is 0 Å². The Kier molecular flexibility index (Phi) is 6.51. The van der Waals surface area contributed by atoms with E-state index in [0.29, 0.717) is 0 Å². The lowest BCUT2D eigenvalue weighted by atomic mass is 10.2. The Bertz CT molecular complexity index is 70.9. The third-order valence-corrected chi connectivity index (χ3v) is 2.59. The van der Waals surface area contributed by atoms with Crippen molar-refractivity contribution in [2.24, 2.45) is 0 Å². The van der Waals surface area contributed by atoms with Gasteiger partial charge in [0.1, 0.15) is 0 Å². The van der Waals surface area contributed by atoms with E-state index in [4.69, 9.17) is 9.07 Å². The number of allylic oxidation sites excluding steroid dienone is 1. The lowest BCUT2D eigenvalue weighted by Gasteiger charge is -1.95. The topological polar surface area (TPSA) is 0 Å². The molecule has 0 rings (SSSR count). The maximum absolute atomic E-state index is 5.60. The van der Waals surface area contributed by atoms with Crippen LogP contribution in [-0.2, 0) is 0 Å². The highest BCUT2D eigenvalue weighted by Gasteiger charge is 1.91. The van der Waals surface area contributed by atoms with Gasteiger partial charge in [0.05, 0.1) is 0 Å². The first-order valence-corrected chi connectivity index (χ1v) is 6.17. The van der Waals surface area contributed by atoms with E-state index >= 15 is 0 Å². The van der Waals surface area contributed by atoms with Gasteiger partial charge in [-0.05, 0) is 6.42 Å². The van der Waals surface area contributed by atoms with Crippen molar-refractivity contribution in [2.45, 2.75) is 24.3 Å². The Morgan fingerprint density at radius 2 is 2.38 bits per heavy atom. The fraction of sp³-hybridized carbons (Fsp3) is 0.667. The Labute approximate surface area is 64.8 Å². The highest BCUT2D eigenvalue weighted by atomic mass is 35.5. The van der Waals surface area contributed by atoms with E-state index < -0.39 is 0 Å². The summed E-state index contributed by atoms with van der Waals surface area (Å²) >= 11 is -0.227. The third kappa shape index (κ3) is 4.94. The number of hydrogen-bond acceptors (Lipinski definition) is 0. The summed E-state index contributed by atoms with van der Waals surface area (Å²) in [5.41, 5.74) is 1.35. The fourth-order valence-electron chi connectivity index (χ4n) is 0.494. The Morgan fingerprint density at radius 3 is 2.75 bits per heavy atom. The minimum Gasteiger partial charge on any atom is -0.346 e. The highest BCUT2D eigenvalue weighted by molar-refractivity contribution is 6.93. The van der Waals surface area contributed by atoms with Gasteiger partial charge in [-0.15, -0.1) is 4.55 Å². The van der Waals surface area contributed by atoms with Crippen LogP contribution in [0.25, 0.3) is 0 Å². The molecule has 2 heteroatoms. The number of rotatable bonds is 4. The summed E-state index contributed by atoms with van der Waals surface area (Å²) in [6.45, 7) is 6.01. The van der Waals surface area contributed by atoms with Crippen LogP contribution in [0.2, 0.25) is 4.55 Å². The van der Waals surface area contributed by atoms with Crippen molar-refractivity contribution in [1.29, 1.82) is 0 Å². The van der Waals surface area contributed by atoms with Crippen molar-refractivity contribution in [3.05, 3.63) is 12.2 Å². The molecule has 0 bridgehead atoms. The SMILES string of the molecule is C=C(CC)C[CH2][Mg][Cl]. The van der Waals surface area contributed by atoms with Crippen LogP contribution in [-0.4, -0.2) is 19.3 Å². The summed E-state index contributed by atoms with van der Waals surface area (Å²) in [6.07, 6.45) is 2.28. The summed E-state index contributed by atoms with van der Waals surface area (Å²) in [5.74, 6) is 0. The van der Waals surface area contributed by atoms with E-state index in [2.05, 4.69) is 13.5 Å². The minimum atomic E-state index is -0.227. The molecular weight excluding hydrogens is 132 g/mol. The van der Waals surface area contributed by atoms with Crippen LogP contribution in [0.1, 0.15) is 19.8 Å². The van der Waals surface area contributed by atoms with Crippen LogP contribution in [0.15, 0.2) is 12.2 Å². The average molecular weight is 143 g/mol. The van der Waals surface area contributed by atoms with Gasteiger partial charge in [-0.3, -0.25) is 0 Å². The smallest absolute Gasteiger partial charge is 0.346 e. The molecule has 44 valence electrons. The van der Waals surface area contributed by atoms with Gasteiger partial charge in [0.15, 0.2) is 0 Å². The van der Waals surface area contributed by atoms with Crippen molar-refractivity contribution in [2.75, 3.05) is 0 Å². The van der Waals surface area contributed by atoms with E-state index in [1.165, 1.54) is 10.1 Å². The molecule has 0 nitrogen and oxygen atoms in total. The maximum atomic E-state index is 5.60. The standard InChI is InChI=1S/C6H11.ClH.Mg/c1-4-6(3)5-2;;/h1,3-5H2,2H3;1H;/q;;+1/p-1. The second-order valence-corrected chi connectivity index (χ2v) is 4.12. The van der Waals surface area contributed by atoms with E-state index in [9.17, 15) is 0 Å². The Balaban J connectivity index is 2.99. The average Bonchev–Trinajstić information content (AvgIpc) is 1.83. The molecule has 0 N–H and O–H groups in total. The van der Waals surface area contributed by atoms with Crippen LogP contribution < -0.4 is 0 Å². The van der Waals surface area contributed by atoms with Crippen LogP contribution >= 0.6 is 9.07 Å². The normalized spacial score (nSPS) is 8.25. The van der Waals surface area contributed by atoms with Gasteiger partial charge >= 0.3 is 19.3 Å². The summed E-state index contributed by atoms with van der Waals surface area (Å²) in [4.78, 5) is 0. The van der Waals surface area contributed by atoms with Crippen molar-refractivity contribution < 1.29 is 0 Å². The number of halogens is 1. The zero-order valence-electron chi connectivity index (χ0n) is 5.41. The van der Waals surface area contributed by atoms with Gasteiger partial charge in [0, 0.05) is 0 Å². The highest BCUT2D eigenvalue weighted by Crippen LogP contribution is 2.05. The maximum Gasteiger partial charge on any atom is 0.501 e. The van der Waals surface area contributed by atoms with Crippen LogP contribution in [0, 0.1) is 0 Å². The summed E-state index contributed by atoms with van der Waals surface area (Å²) in [7, 11) is 5.60. The minimum absolute atomic E-state index is 0.227. The predicted molar refractivity (Wildman–Crippen MR) is 40.5 cm³/mol. The molecule has 0 unspecified atom stereocenters. The first kappa shape index (κ1) is 8.80. The Hall–Kier alpha value is 0.796. The molecule has 0 aliphatic rings. The lowest BCUT2D eigenvalue weighted by Crippen LogP contribution is -1.80. The quantitative estimate of drug-likeness (QED) is 0.419. The van der Waals surface area contributed by atoms with E-state index in [0.717, 1.165) is 12.8 Å². The molecule has 8 heavy (non-hydrogen) atoms. The second-order valence-electron chi connectivity index (χ2n) is 1.90. The lowest BCUT2D eigenvalue weighted by molar-refractivity contribution is 0.983. The van der Waals surface area contributed by atoms with Crippen LogP contribution in [0.3, 0.4) is 0 Å². The molecule has 0 saturated carbocycles. The first-order chi connectivity index (χ1) is 3.81. The molecule has 0 spiro atoms. The molecule has 0 heterocycles. The van der Waals surface area contributed by atoms with E-state index in [1.54, 1.807) is 0 Å². The zero-order chi connectivity index (χ0) is 6.41. The van der Waals surface area contributed by atoms with Crippen molar-refractivity contribution in [3.63, 3.8) is 0 Å². The molecule has 0 atom stereocenters. The Morgan fingerprint density at radius 1 is 1.75 bits per heavy atom. The van der Waals surface area contributed by atoms with Crippen LogP contribution in [0.4, 0.5) is 0 Å². The fourth-order valence-corrected chi connectivity index (χ4v) is 1.53. The molecule has 0 amide bonds. The largest absolute Gasteiger partial charge is 0.501 e. The van der Waals surface area contributed by atoms with Gasteiger partial charge < -0.3 is 9.07 Å². The molecule has 0 fully saturated rings. The molecule has 0 aromatic carbocycles. The van der Waals surface area contributed by atoms with Gasteiger partial charge in [0.25, 0.3) is 0 Å². The van der Waals surface area contributed by atoms with E-state index in [-0.39, 0.29) is 19.3 Å². The monoisotopic (exact) mass is 142 g/mol. The van der Waals surface area contributed by atoms with Gasteiger partial charge in [0.2, 0.25) is 0 Å². The molecule has 0 aliphatic heterocycles. The second kappa shape index (κ2) is 5.92. The van der Waals surface area contributed by atoms with Gasteiger partial charge in [-0.25, -0.2) is 0 Å². The van der Waals surface area contributed by atoms with E-state index in [1.807, 2.05) is 0 Å². The molecule has 0 aromatic rings. The zero-order valence-corrected chi connectivity index (χ0v) is 7.58. The molecule has 0 saturated heterocycles. The van der Waals surface area contributed by atoms with Crippen molar-refractivity contribution in [1.82, 2.24) is 0 Å². The summed E-state index contributed by atoms with van der Waals surface area (Å²) in [5, 5.41) is 0. The first-order valence-electron chi connectivity index (χ1n) is 3.04. The summed E-state index contributed by atoms with van der Waals surface area (Å²) in [6, 6.07) is 0. The summed E-state index contributed by atoms with van der Waals surface area (Å²) < 4.78 is 1.22. The van der Waals surface area contributed by atoms with Gasteiger partial charge in [-0.2, -0.15) is 0 Å². The number of hydrogen-bond donors (Lipinski definition) is 0. The van der Waals surface area contributed by atoms with Gasteiger partial charge in [-0.1, -0.05) is 25.5 Å².